The smallest absolute Gasteiger partial charge is 0.306 e. The molecule has 0 N–H and O–H groups in total. The van der Waals surface area contributed by atoms with Crippen molar-refractivity contribution in [1.29, 1.82) is 0 Å². The molecule has 1 aromatic rings. The van der Waals surface area contributed by atoms with Crippen LogP contribution in [-0.4, -0.2) is 24.6 Å². The summed E-state index contributed by atoms with van der Waals surface area (Å²) in [5.41, 5.74) is 0.782. The van der Waals surface area contributed by atoms with Gasteiger partial charge in [-0.3, -0.25) is 9.59 Å². The fraction of sp³-hybridized carbons (Fsp3) is 0.500. The number of esters is 2. The Bertz CT molecular complexity index is 535. The first kappa shape index (κ1) is 16.0. The van der Waals surface area contributed by atoms with Gasteiger partial charge in [0, 0.05) is 16.8 Å². The van der Waals surface area contributed by atoms with Crippen LogP contribution in [-0.2, 0) is 24.5 Å². The van der Waals surface area contributed by atoms with Crippen molar-refractivity contribution >= 4 is 27.9 Å². The van der Waals surface area contributed by atoms with Gasteiger partial charge < -0.3 is 9.47 Å². The van der Waals surface area contributed by atoms with E-state index in [4.69, 9.17) is 9.47 Å². The third-order valence-corrected chi connectivity index (χ3v) is 4.29. The standard InChI is InChI=1S/C16H19BrO4/c1-3-20-15(19)10-16(8-14(9-16)21-11(2)18)12-5-4-6-13(17)7-12/h4-7,14H,3,8-10H2,1-2H3. The summed E-state index contributed by atoms with van der Waals surface area (Å²) in [5.74, 6) is -0.488. The molecule has 1 saturated carbocycles. The lowest BCUT2D eigenvalue weighted by Gasteiger charge is -2.46. The van der Waals surface area contributed by atoms with Crippen LogP contribution in [0.4, 0.5) is 0 Å². The summed E-state index contributed by atoms with van der Waals surface area (Å²) in [6.45, 7) is 3.58. The molecule has 5 heteroatoms. The van der Waals surface area contributed by atoms with Crippen LogP contribution < -0.4 is 0 Å². The fourth-order valence-electron chi connectivity index (χ4n) is 2.92. The van der Waals surface area contributed by atoms with Gasteiger partial charge in [-0.1, -0.05) is 28.1 Å². The van der Waals surface area contributed by atoms with Crippen LogP contribution in [0.5, 0.6) is 0 Å². The molecular weight excluding hydrogens is 336 g/mol. The van der Waals surface area contributed by atoms with Crippen LogP contribution >= 0.6 is 15.9 Å². The van der Waals surface area contributed by atoms with Crippen molar-refractivity contribution in [3.63, 3.8) is 0 Å². The first-order chi connectivity index (χ1) is 9.95. The van der Waals surface area contributed by atoms with Gasteiger partial charge in [0.25, 0.3) is 0 Å². The van der Waals surface area contributed by atoms with Crippen molar-refractivity contribution in [2.45, 2.75) is 44.6 Å². The van der Waals surface area contributed by atoms with E-state index in [1.807, 2.05) is 24.3 Å². The minimum atomic E-state index is -0.295. The Hall–Kier alpha value is -1.36. The van der Waals surface area contributed by atoms with Gasteiger partial charge in [0.1, 0.15) is 6.10 Å². The number of hydrogen-bond donors (Lipinski definition) is 0. The lowest BCUT2D eigenvalue weighted by molar-refractivity contribution is -0.157. The van der Waals surface area contributed by atoms with E-state index in [-0.39, 0.29) is 23.5 Å². The zero-order chi connectivity index (χ0) is 15.5. The number of rotatable bonds is 5. The molecule has 0 unspecified atom stereocenters. The van der Waals surface area contributed by atoms with Crippen LogP contribution in [0.25, 0.3) is 0 Å². The molecule has 1 fully saturated rings. The first-order valence-electron chi connectivity index (χ1n) is 7.04. The number of ether oxygens (including phenoxy) is 2. The Morgan fingerprint density at radius 3 is 2.67 bits per heavy atom. The Morgan fingerprint density at radius 2 is 2.10 bits per heavy atom. The maximum absolute atomic E-state index is 11.9. The lowest BCUT2D eigenvalue weighted by Crippen LogP contribution is -2.48. The molecule has 0 aromatic heterocycles. The summed E-state index contributed by atoms with van der Waals surface area (Å²) in [6.07, 6.45) is 1.51. The zero-order valence-electron chi connectivity index (χ0n) is 12.2. The summed E-state index contributed by atoms with van der Waals surface area (Å²) < 4.78 is 11.3. The highest BCUT2D eigenvalue weighted by atomic mass is 79.9. The van der Waals surface area contributed by atoms with Crippen molar-refractivity contribution in [3.05, 3.63) is 34.3 Å². The van der Waals surface area contributed by atoms with E-state index in [0.717, 1.165) is 10.0 Å². The monoisotopic (exact) mass is 354 g/mol. The second kappa shape index (κ2) is 6.60. The third-order valence-electron chi connectivity index (χ3n) is 3.79. The maximum Gasteiger partial charge on any atom is 0.306 e. The van der Waals surface area contributed by atoms with Crippen molar-refractivity contribution in [3.8, 4) is 0 Å². The van der Waals surface area contributed by atoms with Gasteiger partial charge in [0.15, 0.2) is 0 Å². The second-order valence-electron chi connectivity index (χ2n) is 5.41. The average molecular weight is 355 g/mol. The average Bonchev–Trinajstić information content (AvgIpc) is 2.35. The van der Waals surface area contributed by atoms with Gasteiger partial charge in [0.05, 0.1) is 13.0 Å². The van der Waals surface area contributed by atoms with Crippen LogP contribution in [0.3, 0.4) is 0 Å². The normalized spacial score (nSPS) is 24.0. The number of halogens is 1. The molecule has 0 radical (unpaired) electrons. The second-order valence-corrected chi connectivity index (χ2v) is 6.33. The molecule has 21 heavy (non-hydrogen) atoms. The summed E-state index contributed by atoms with van der Waals surface area (Å²) in [5, 5.41) is 0. The molecule has 0 spiro atoms. The summed E-state index contributed by atoms with van der Waals surface area (Å²) in [4.78, 5) is 22.9. The maximum atomic E-state index is 11.9. The molecule has 0 amide bonds. The third kappa shape index (κ3) is 3.84. The molecule has 0 saturated heterocycles. The Labute approximate surface area is 132 Å². The quantitative estimate of drug-likeness (QED) is 0.760. The van der Waals surface area contributed by atoms with Crippen molar-refractivity contribution in [2.75, 3.05) is 6.61 Å². The zero-order valence-corrected chi connectivity index (χ0v) is 13.8. The summed E-state index contributed by atoms with van der Waals surface area (Å²) in [6, 6.07) is 7.92. The van der Waals surface area contributed by atoms with Gasteiger partial charge in [-0.15, -0.1) is 0 Å². The van der Waals surface area contributed by atoms with Crippen LogP contribution in [0, 0.1) is 0 Å². The number of carbonyl (C=O) groups excluding carboxylic acids is 2. The molecule has 0 aliphatic heterocycles. The Balaban J connectivity index is 2.16. The van der Waals surface area contributed by atoms with Crippen molar-refractivity contribution in [1.82, 2.24) is 0 Å². The first-order valence-corrected chi connectivity index (χ1v) is 7.83. The molecular formula is C16H19BrO4. The Kier molecular flexibility index (Phi) is 5.04. The van der Waals surface area contributed by atoms with Gasteiger partial charge in [-0.25, -0.2) is 0 Å². The van der Waals surface area contributed by atoms with Crippen molar-refractivity contribution < 1.29 is 19.1 Å². The largest absolute Gasteiger partial charge is 0.466 e. The predicted octanol–water partition coefficient (Wildman–Crippen LogP) is 3.37. The number of benzene rings is 1. The predicted molar refractivity (Wildman–Crippen MR) is 81.9 cm³/mol. The highest BCUT2D eigenvalue weighted by molar-refractivity contribution is 9.10. The minimum absolute atomic E-state index is 0.115. The molecule has 4 nitrogen and oxygen atoms in total. The molecule has 1 aliphatic rings. The lowest BCUT2D eigenvalue weighted by atomic mass is 9.61. The summed E-state index contributed by atoms with van der Waals surface area (Å²) >= 11 is 3.46. The van der Waals surface area contributed by atoms with Gasteiger partial charge in [-0.2, -0.15) is 0 Å². The molecule has 1 aliphatic carbocycles. The number of carbonyl (C=O) groups is 2. The van der Waals surface area contributed by atoms with E-state index in [9.17, 15) is 9.59 Å². The van der Waals surface area contributed by atoms with E-state index in [0.29, 0.717) is 25.9 Å². The van der Waals surface area contributed by atoms with Gasteiger partial charge in [-0.05, 0) is 37.5 Å². The van der Waals surface area contributed by atoms with Gasteiger partial charge in [0.2, 0.25) is 0 Å². The SMILES string of the molecule is CCOC(=O)CC1(c2cccc(Br)c2)CC(OC(C)=O)C1. The highest BCUT2D eigenvalue weighted by Gasteiger charge is 2.48. The molecule has 1 aromatic carbocycles. The van der Waals surface area contributed by atoms with E-state index >= 15 is 0 Å². The topological polar surface area (TPSA) is 52.6 Å². The Morgan fingerprint density at radius 1 is 1.38 bits per heavy atom. The molecule has 114 valence electrons. The minimum Gasteiger partial charge on any atom is -0.466 e. The van der Waals surface area contributed by atoms with Crippen LogP contribution in [0.15, 0.2) is 28.7 Å². The van der Waals surface area contributed by atoms with E-state index in [1.165, 1.54) is 6.92 Å². The van der Waals surface area contributed by atoms with E-state index in [1.54, 1.807) is 6.92 Å². The fourth-order valence-corrected chi connectivity index (χ4v) is 3.32. The van der Waals surface area contributed by atoms with E-state index < -0.39 is 0 Å². The molecule has 0 heterocycles. The molecule has 0 atom stereocenters. The van der Waals surface area contributed by atoms with Crippen LogP contribution in [0.1, 0.15) is 38.7 Å². The van der Waals surface area contributed by atoms with Crippen molar-refractivity contribution in [2.24, 2.45) is 0 Å². The number of hydrogen-bond acceptors (Lipinski definition) is 4. The molecule has 2 rings (SSSR count). The highest BCUT2D eigenvalue weighted by Crippen LogP contribution is 2.48. The van der Waals surface area contributed by atoms with E-state index in [2.05, 4.69) is 15.9 Å². The molecule has 0 bridgehead atoms. The summed E-state index contributed by atoms with van der Waals surface area (Å²) in [7, 11) is 0. The van der Waals surface area contributed by atoms with Crippen LogP contribution in [0.2, 0.25) is 0 Å². The van der Waals surface area contributed by atoms with Gasteiger partial charge >= 0.3 is 11.9 Å².